The molecule has 0 atom stereocenters. The fraction of sp³-hybridized carbons (Fsp3) is 0.727. The van der Waals surface area contributed by atoms with Crippen LogP contribution in [0.5, 0.6) is 0 Å². The standard InChI is InChI=1S/C11H17N3/c1-2-14-6-5-9-10(7-14)12-13-11(9)8-3-4-8/h8H,2-7H2,1H3,(H,12,13). The summed E-state index contributed by atoms with van der Waals surface area (Å²) in [7, 11) is 0. The Morgan fingerprint density at radius 3 is 3.07 bits per heavy atom. The summed E-state index contributed by atoms with van der Waals surface area (Å²) in [5.41, 5.74) is 4.30. The molecule has 3 rings (SSSR count). The molecule has 14 heavy (non-hydrogen) atoms. The van der Waals surface area contributed by atoms with Crippen LogP contribution in [0, 0.1) is 0 Å². The average Bonchev–Trinajstić information content (AvgIpc) is 2.98. The van der Waals surface area contributed by atoms with E-state index in [1.807, 2.05) is 0 Å². The number of hydrogen-bond acceptors (Lipinski definition) is 2. The summed E-state index contributed by atoms with van der Waals surface area (Å²) >= 11 is 0. The van der Waals surface area contributed by atoms with E-state index in [0.29, 0.717) is 0 Å². The summed E-state index contributed by atoms with van der Waals surface area (Å²) in [6.07, 6.45) is 3.91. The predicted molar refractivity (Wildman–Crippen MR) is 55.2 cm³/mol. The molecule has 1 aromatic heterocycles. The number of H-pyrrole nitrogens is 1. The van der Waals surface area contributed by atoms with Gasteiger partial charge in [0.1, 0.15) is 0 Å². The molecular weight excluding hydrogens is 174 g/mol. The van der Waals surface area contributed by atoms with Crippen LogP contribution in [0.4, 0.5) is 0 Å². The van der Waals surface area contributed by atoms with Crippen LogP contribution in [0.2, 0.25) is 0 Å². The number of aromatic nitrogens is 2. The Kier molecular flexibility index (Phi) is 1.87. The summed E-state index contributed by atoms with van der Waals surface area (Å²) in [4.78, 5) is 2.47. The highest BCUT2D eigenvalue weighted by molar-refractivity contribution is 5.32. The number of rotatable bonds is 2. The minimum atomic E-state index is 0.795. The molecule has 76 valence electrons. The lowest BCUT2D eigenvalue weighted by Gasteiger charge is -2.25. The van der Waals surface area contributed by atoms with E-state index in [1.54, 1.807) is 0 Å². The Morgan fingerprint density at radius 1 is 1.50 bits per heavy atom. The van der Waals surface area contributed by atoms with E-state index in [4.69, 9.17) is 0 Å². The highest BCUT2D eigenvalue weighted by Gasteiger charge is 2.31. The van der Waals surface area contributed by atoms with E-state index >= 15 is 0 Å². The molecule has 1 aromatic rings. The molecule has 0 amide bonds. The Morgan fingerprint density at radius 2 is 2.36 bits per heavy atom. The lowest BCUT2D eigenvalue weighted by atomic mass is 10.0. The van der Waals surface area contributed by atoms with E-state index in [0.717, 1.165) is 19.0 Å². The van der Waals surface area contributed by atoms with Gasteiger partial charge in [-0.2, -0.15) is 5.10 Å². The Balaban J connectivity index is 1.88. The molecule has 0 spiro atoms. The van der Waals surface area contributed by atoms with Gasteiger partial charge >= 0.3 is 0 Å². The maximum absolute atomic E-state index is 4.48. The number of aromatic amines is 1. The van der Waals surface area contributed by atoms with Crippen molar-refractivity contribution in [1.29, 1.82) is 0 Å². The van der Waals surface area contributed by atoms with E-state index < -0.39 is 0 Å². The molecule has 1 fully saturated rings. The maximum atomic E-state index is 4.48. The lowest BCUT2D eigenvalue weighted by Crippen LogP contribution is -2.30. The Labute approximate surface area is 84.5 Å². The van der Waals surface area contributed by atoms with Crippen LogP contribution >= 0.6 is 0 Å². The summed E-state index contributed by atoms with van der Waals surface area (Å²) in [5.74, 6) is 0.795. The van der Waals surface area contributed by atoms with Gasteiger partial charge in [-0.3, -0.25) is 10.00 Å². The van der Waals surface area contributed by atoms with Gasteiger partial charge in [0.25, 0.3) is 0 Å². The largest absolute Gasteiger partial charge is 0.297 e. The van der Waals surface area contributed by atoms with Crippen molar-refractivity contribution in [2.75, 3.05) is 13.1 Å². The normalized spacial score (nSPS) is 22.4. The number of likely N-dealkylation sites (N-methyl/N-ethyl adjacent to an activating group) is 1. The first-order chi connectivity index (χ1) is 6.88. The van der Waals surface area contributed by atoms with Crippen LogP contribution in [0.3, 0.4) is 0 Å². The van der Waals surface area contributed by atoms with Crippen LogP contribution in [0.15, 0.2) is 0 Å². The van der Waals surface area contributed by atoms with E-state index in [1.165, 1.54) is 42.8 Å². The molecule has 0 aromatic carbocycles. The molecule has 1 aliphatic heterocycles. The Hall–Kier alpha value is -0.830. The quantitative estimate of drug-likeness (QED) is 0.771. The Bertz CT molecular complexity index is 338. The van der Waals surface area contributed by atoms with Crippen LogP contribution in [0.25, 0.3) is 0 Å². The maximum Gasteiger partial charge on any atom is 0.0688 e. The molecule has 2 aliphatic rings. The van der Waals surface area contributed by atoms with Gasteiger partial charge in [-0.25, -0.2) is 0 Å². The van der Waals surface area contributed by atoms with Gasteiger partial charge < -0.3 is 0 Å². The first kappa shape index (κ1) is 8.48. The third-order valence-corrected chi connectivity index (χ3v) is 3.46. The SMILES string of the molecule is CCN1CCc2c(C3CC3)n[nH]c2C1. The highest BCUT2D eigenvalue weighted by atomic mass is 15.2. The highest BCUT2D eigenvalue weighted by Crippen LogP contribution is 2.42. The van der Waals surface area contributed by atoms with Crippen molar-refractivity contribution >= 4 is 0 Å². The third-order valence-electron chi connectivity index (χ3n) is 3.46. The van der Waals surface area contributed by atoms with Crippen molar-refractivity contribution in [2.24, 2.45) is 0 Å². The molecule has 1 saturated carbocycles. The predicted octanol–water partition coefficient (Wildman–Crippen LogP) is 1.67. The van der Waals surface area contributed by atoms with Crippen LogP contribution < -0.4 is 0 Å². The van der Waals surface area contributed by atoms with Crippen molar-refractivity contribution in [2.45, 2.75) is 38.6 Å². The van der Waals surface area contributed by atoms with Gasteiger partial charge in [0.05, 0.1) is 11.4 Å². The van der Waals surface area contributed by atoms with Crippen LogP contribution in [0.1, 0.15) is 42.6 Å². The van der Waals surface area contributed by atoms with Crippen LogP contribution in [-0.4, -0.2) is 28.2 Å². The van der Waals surface area contributed by atoms with Crippen molar-refractivity contribution < 1.29 is 0 Å². The number of fused-ring (bicyclic) bond motifs is 1. The minimum Gasteiger partial charge on any atom is -0.297 e. The number of nitrogens with zero attached hydrogens (tertiary/aromatic N) is 2. The molecule has 0 saturated heterocycles. The third kappa shape index (κ3) is 1.27. The van der Waals surface area contributed by atoms with Gasteiger partial charge in [-0.15, -0.1) is 0 Å². The summed E-state index contributed by atoms with van der Waals surface area (Å²) in [6, 6.07) is 0. The molecule has 0 unspecified atom stereocenters. The minimum absolute atomic E-state index is 0.795. The van der Waals surface area contributed by atoms with Gasteiger partial charge in [0, 0.05) is 19.0 Å². The van der Waals surface area contributed by atoms with Gasteiger partial charge in [-0.1, -0.05) is 6.92 Å². The first-order valence-corrected chi connectivity index (χ1v) is 5.67. The molecular formula is C11H17N3. The van der Waals surface area contributed by atoms with Gasteiger partial charge in [0.2, 0.25) is 0 Å². The summed E-state index contributed by atoms with van der Waals surface area (Å²) in [5, 5.41) is 7.70. The van der Waals surface area contributed by atoms with Crippen molar-refractivity contribution in [3.8, 4) is 0 Å². The molecule has 2 heterocycles. The molecule has 0 bridgehead atoms. The topological polar surface area (TPSA) is 31.9 Å². The van der Waals surface area contributed by atoms with E-state index in [-0.39, 0.29) is 0 Å². The second kappa shape index (κ2) is 3.09. The molecule has 1 N–H and O–H groups in total. The molecule has 1 aliphatic carbocycles. The molecule has 0 radical (unpaired) electrons. The van der Waals surface area contributed by atoms with E-state index in [9.17, 15) is 0 Å². The van der Waals surface area contributed by atoms with Gasteiger partial charge in [0.15, 0.2) is 0 Å². The zero-order valence-corrected chi connectivity index (χ0v) is 8.71. The fourth-order valence-corrected chi connectivity index (χ4v) is 2.36. The average molecular weight is 191 g/mol. The second-order valence-electron chi connectivity index (χ2n) is 4.46. The summed E-state index contributed by atoms with van der Waals surface area (Å²) in [6.45, 7) is 5.66. The lowest BCUT2D eigenvalue weighted by molar-refractivity contribution is 0.264. The van der Waals surface area contributed by atoms with Crippen molar-refractivity contribution in [3.05, 3.63) is 17.0 Å². The zero-order chi connectivity index (χ0) is 9.54. The molecule has 3 nitrogen and oxygen atoms in total. The number of hydrogen-bond donors (Lipinski definition) is 1. The smallest absolute Gasteiger partial charge is 0.0688 e. The molecule has 3 heteroatoms. The second-order valence-corrected chi connectivity index (χ2v) is 4.46. The van der Waals surface area contributed by atoms with Crippen molar-refractivity contribution in [1.82, 2.24) is 15.1 Å². The number of nitrogens with one attached hydrogen (secondary N) is 1. The first-order valence-electron chi connectivity index (χ1n) is 5.67. The van der Waals surface area contributed by atoms with Crippen molar-refractivity contribution in [3.63, 3.8) is 0 Å². The van der Waals surface area contributed by atoms with Gasteiger partial charge in [-0.05, 0) is 31.4 Å². The monoisotopic (exact) mass is 191 g/mol. The zero-order valence-electron chi connectivity index (χ0n) is 8.71. The van der Waals surface area contributed by atoms with Crippen LogP contribution in [-0.2, 0) is 13.0 Å². The van der Waals surface area contributed by atoms with E-state index in [2.05, 4.69) is 22.0 Å². The fourth-order valence-electron chi connectivity index (χ4n) is 2.36. The summed E-state index contributed by atoms with van der Waals surface area (Å²) < 4.78 is 0.